The predicted molar refractivity (Wildman–Crippen MR) is 120 cm³/mol. The van der Waals surface area contributed by atoms with Crippen molar-refractivity contribution in [1.29, 1.82) is 0 Å². The molecule has 2 heterocycles. The van der Waals surface area contributed by atoms with Gasteiger partial charge in [0, 0.05) is 5.56 Å². The molecule has 10 heteroatoms. The van der Waals surface area contributed by atoms with Crippen LogP contribution in [-0.4, -0.2) is 49.7 Å². The van der Waals surface area contributed by atoms with Crippen LogP contribution in [0.15, 0.2) is 23.1 Å². The summed E-state index contributed by atoms with van der Waals surface area (Å²) >= 11 is 1.38. The van der Waals surface area contributed by atoms with Gasteiger partial charge in [-0.05, 0) is 76.5 Å². The molecular weight excluding hydrogens is 450 g/mol. The van der Waals surface area contributed by atoms with E-state index in [0.29, 0.717) is 26.9 Å². The van der Waals surface area contributed by atoms with Crippen molar-refractivity contribution >= 4 is 26.1 Å². The second kappa shape index (κ2) is 6.99. The van der Waals surface area contributed by atoms with Gasteiger partial charge in [-0.2, -0.15) is 5.10 Å². The first-order chi connectivity index (χ1) is 15.0. The van der Waals surface area contributed by atoms with E-state index in [0.717, 1.165) is 25.7 Å². The lowest BCUT2D eigenvalue weighted by Crippen LogP contribution is -2.35. The van der Waals surface area contributed by atoms with Crippen LogP contribution in [0.25, 0.3) is 16.2 Å². The number of aromatic nitrogens is 3. The number of fused-ring (bicyclic) bond motifs is 1. The number of aliphatic hydroxyl groups excluding tert-OH is 1. The topological polar surface area (TPSA) is 125 Å². The molecule has 2 aliphatic carbocycles. The van der Waals surface area contributed by atoms with Gasteiger partial charge in [0.05, 0.1) is 22.7 Å². The molecule has 0 amide bonds. The van der Waals surface area contributed by atoms with E-state index in [2.05, 4.69) is 4.98 Å². The molecule has 5 rings (SSSR count). The van der Waals surface area contributed by atoms with Gasteiger partial charge >= 0.3 is 0 Å². The summed E-state index contributed by atoms with van der Waals surface area (Å²) in [4.78, 5) is 5.01. The third kappa shape index (κ3) is 3.11. The summed E-state index contributed by atoms with van der Waals surface area (Å²) in [6.45, 7) is 4.08. The van der Waals surface area contributed by atoms with Gasteiger partial charge in [-0.25, -0.2) is 17.9 Å². The zero-order valence-corrected chi connectivity index (χ0v) is 19.9. The molecule has 1 aromatic carbocycles. The molecule has 2 saturated carbocycles. The highest BCUT2D eigenvalue weighted by atomic mass is 32.2. The van der Waals surface area contributed by atoms with Crippen LogP contribution in [0, 0.1) is 18.8 Å². The average Bonchev–Trinajstić information content (AvgIpc) is 3.65. The number of rotatable bonds is 7. The van der Waals surface area contributed by atoms with E-state index in [-0.39, 0.29) is 22.5 Å². The molecule has 0 spiro atoms. The second-order valence-corrected chi connectivity index (χ2v) is 13.1. The SMILES string of the molecule is Cc1nc2sc(C(O)(C3CC3)C3CC3)nn2c1-c1ccc(O)c(S(=O)(=O)C(C)(C)CO)c1. The first kappa shape index (κ1) is 21.8. The number of hydrogen-bond donors (Lipinski definition) is 3. The fourth-order valence-corrected chi connectivity index (χ4v) is 6.92. The molecule has 2 aliphatic rings. The minimum absolute atomic E-state index is 0.238. The number of aromatic hydroxyl groups is 1. The fourth-order valence-electron chi connectivity index (χ4n) is 4.33. The van der Waals surface area contributed by atoms with Gasteiger partial charge in [-0.3, -0.25) is 0 Å². The number of benzene rings is 1. The van der Waals surface area contributed by atoms with Crippen molar-refractivity contribution in [3.63, 3.8) is 0 Å². The van der Waals surface area contributed by atoms with Gasteiger partial charge in [0.2, 0.25) is 4.96 Å². The van der Waals surface area contributed by atoms with Gasteiger partial charge in [-0.1, -0.05) is 11.3 Å². The van der Waals surface area contributed by atoms with Crippen LogP contribution in [0.3, 0.4) is 0 Å². The molecule has 2 aromatic heterocycles. The Morgan fingerprint density at radius 1 is 1.19 bits per heavy atom. The highest BCUT2D eigenvalue weighted by Gasteiger charge is 2.56. The number of aryl methyl sites for hydroxylation is 1. The van der Waals surface area contributed by atoms with Gasteiger partial charge in [0.1, 0.15) is 21.3 Å². The van der Waals surface area contributed by atoms with Crippen LogP contribution in [-0.2, 0) is 15.4 Å². The van der Waals surface area contributed by atoms with Gasteiger partial charge in [-0.15, -0.1) is 0 Å². The molecule has 172 valence electrons. The Morgan fingerprint density at radius 2 is 1.81 bits per heavy atom. The number of sulfone groups is 1. The summed E-state index contributed by atoms with van der Waals surface area (Å²) in [6.07, 6.45) is 4.00. The van der Waals surface area contributed by atoms with Gasteiger partial charge in [0.25, 0.3) is 0 Å². The van der Waals surface area contributed by atoms with Crippen molar-refractivity contribution in [1.82, 2.24) is 14.6 Å². The van der Waals surface area contributed by atoms with E-state index < -0.39 is 26.8 Å². The van der Waals surface area contributed by atoms with Crippen LogP contribution in [0.5, 0.6) is 5.75 Å². The lowest BCUT2D eigenvalue weighted by molar-refractivity contribution is -0.0111. The monoisotopic (exact) mass is 477 g/mol. The van der Waals surface area contributed by atoms with Gasteiger partial charge in [0.15, 0.2) is 9.84 Å². The summed E-state index contributed by atoms with van der Waals surface area (Å²) in [5.41, 5.74) is 0.922. The van der Waals surface area contributed by atoms with Gasteiger partial charge < -0.3 is 15.3 Å². The van der Waals surface area contributed by atoms with Crippen molar-refractivity contribution in [3.8, 4) is 17.0 Å². The molecule has 32 heavy (non-hydrogen) atoms. The minimum atomic E-state index is -4.01. The highest BCUT2D eigenvalue weighted by molar-refractivity contribution is 7.93. The summed E-state index contributed by atoms with van der Waals surface area (Å²) < 4.78 is 26.4. The Labute approximate surface area is 190 Å². The van der Waals surface area contributed by atoms with Crippen molar-refractivity contribution in [2.45, 2.75) is 61.7 Å². The Balaban J connectivity index is 1.64. The predicted octanol–water partition coefficient (Wildman–Crippen LogP) is 3.02. The van der Waals surface area contributed by atoms with Crippen LogP contribution in [0.2, 0.25) is 0 Å². The zero-order valence-electron chi connectivity index (χ0n) is 18.2. The Hall–Kier alpha value is -2.01. The highest BCUT2D eigenvalue weighted by Crippen LogP contribution is 2.58. The number of aliphatic hydroxyl groups is 2. The lowest BCUT2D eigenvalue weighted by atomic mass is 9.93. The average molecular weight is 478 g/mol. The Bertz CT molecular complexity index is 1300. The van der Waals surface area contributed by atoms with Crippen LogP contribution in [0.4, 0.5) is 0 Å². The van der Waals surface area contributed by atoms with E-state index in [1.807, 2.05) is 6.92 Å². The molecule has 0 radical (unpaired) electrons. The van der Waals surface area contributed by atoms with Crippen LogP contribution >= 0.6 is 11.3 Å². The molecule has 3 N–H and O–H groups in total. The summed E-state index contributed by atoms with van der Waals surface area (Å²) in [6, 6.07) is 4.38. The maximum absolute atomic E-state index is 13.1. The number of phenolic OH excluding ortho intramolecular Hbond substituents is 1. The van der Waals surface area contributed by atoms with E-state index >= 15 is 0 Å². The van der Waals surface area contributed by atoms with Crippen molar-refractivity contribution in [3.05, 3.63) is 28.9 Å². The fraction of sp³-hybridized carbons (Fsp3) is 0.545. The van der Waals surface area contributed by atoms with E-state index in [4.69, 9.17) is 5.10 Å². The Kier molecular flexibility index (Phi) is 4.77. The second-order valence-electron chi connectivity index (χ2n) is 9.63. The smallest absolute Gasteiger partial charge is 0.213 e. The molecular formula is C22H27N3O5S2. The molecule has 8 nitrogen and oxygen atoms in total. The lowest BCUT2D eigenvalue weighted by Gasteiger charge is -2.25. The molecule has 0 atom stereocenters. The maximum atomic E-state index is 13.1. The summed E-state index contributed by atoms with van der Waals surface area (Å²) in [5.74, 6) is 0.104. The molecule has 0 saturated heterocycles. The Morgan fingerprint density at radius 3 is 2.38 bits per heavy atom. The first-order valence-electron chi connectivity index (χ1n) is 10.8. The quantitative estimate of drug-likeness (QED) is 0.478. The standard InChI is InChI=1S/C22H27N3O5S2/c1-12-18(13-4-9-16(27)17(10-13)32(29,30)21(2,3)11-26)25-20(23-12)31-19(24-25)22(28,14-5-6-14)15-7-8-15/h4,9-10,14-15,26-28H,5-8,11H2,1-3H3. The first-order valence-corrected chi connectivity index (χ1v) is 13.1. The number of phenols is 1. The number of nitrogens with zero attached hydrogens (tertiary/aromatic N) is 3. The minimum Gasteiger partial charge on any atom is -0.507 e. The molecule has 0 aliphatic heterocycles. The summed E-state index contributed by atoms with van der Waals surface area (Å²) in [7, 11) is -4.01. The largest absolute Gasteiger partial charge is 0.507 e. The third-order valence-electron chi connectivity index (χ3n) is 6.75. The van der Waals surface area contributed by atoms with Crippen LogP contribution in [0.1, 0.15) is 50.2 Å². The number of hydrogen-bond acceptors (Lipinski definition) is 8. The maximum Gasteiger partial charge on any atom is 0.213 e. The van der Waals surface area contributed by atoms with Crippen LogP contribution < -0.4 is 0 Å². The number of imidazole rings is 1. The molecule has 3 aromatic rings. The van der Waals surface area contributed by atoms with E-state index in [1.54, 1.807) is 10.6 Å². The third-order valence-corrected chi connectivity index (χ3v) is 10.3. The van der Waals surface area contributed by atoms with Crippen molar-refractivity contribution in [2.24, 2.45) is 11.8 Å². The molecule has 0 bridgehead atoms. The van der Waals surface area contributed by atoms with E-state index in [9.17, 15) is 23.7 Å². The summed E-state index contributed by atoms with van der Waals surface area (Å²) in [5, 5.41) is 36.8. The van der Waals surface area contributed by atoms with E-state index in [1.165, 1.54) is 37.3 Å². The normalized spacial score (nSPS) is 17.9. The molecule has 2 fully saturated rings. The van der Waals surface area contributed by atoms with Crippen molar-refractivity contribution < 1.29 is 23.7 Å². The zero-order chi connectivity index (χ0) is 23.1. The molecule has 0 unspecified atom stereocenters. The van der Waals surface area contributed by atoms with Crippen molar-refractivity contribution in [2.75, 3.05) is 6.61 Å².